The molecule has 2 aromatic carbocycles. The molecular weight excluding hydrogens is 580 g/mol. The minimum absolute atomic E-state index is 0.00246. The van der Waals surface area contributed by atoms with Crippen LogP contribution in [0.5, 0.6) is 11.5 Å². The first-order valence-corrected chi connectivity index (χ1v) is 14.8. The molecule has 2 aliphatic heterocycles. The van der Waals surface area contributed by atoms with Gasteiger partial charge in [-0.1, -0.05) is 23.4 Å². The number of hydrogen-bond donors (Lipinski definition) is 2. The molecule has 4 rings (SSSR count). The van der Waals surface area contributed by atoms with Crippen molar-refractivity contribution < 1.29 is 37.0 Å². The quantitative estimate of drug-likeness (QED) is 0.0898. The number of rotatable bonds is 9. The van der Waals surface area contributed by atoms with Crippen LogP contribution in [0.25, 0.3) is 0 Å². The Bertz CT molecular complexity index is 1320. The average molecular weight is 623 g/mol. The molecule has 2 aliphatic rings. The Morgan fingerprint density at radius 1 is 1.11 bits per heavy atom. The lowest BCUT2D eigenvalue weighted by Crippen LogP contribution is -2.53. The second-order valence-corrected chi connectivity index (χ2v) is 12.6. The van der Waals surface area contributed by atoms with E-state index < -0.39 is 29.2 Å². The Kier molecular flexibility index (Phi) is 10.0. The van der Waals surface area contributed by atoms with Crippen molar-refractivity contribution in [3.63, 3.8) is 0 Å². The molecule has 0 aromatic heterocycles. The average Bonchev–Trinajstić information content (AvgIpc) is 3.37. The van der Waals surface area contributed by atoms with Crippen molar-refractivity contribution in [2.45, 2.75) is 75.7 Å². The summed E-state index contributed by atoms with van der Waals surface area (Å²) < 4.78 is 68.6. The van der Waals surface area contributed by atoms with E-state index in [-0.39, 0.29) is 55.7 Å². The van der Waals surface area contributed by atoms with E-state index in [9.17, 15) is 18.0 Å². The summed E-state index contributed by atoms with van der Waals surface area (Å²) in [6.45, 7) is 6.96. The highest BCUT2D eigenvalue weighted by molar-refractivity contribution is 5.87. The first kappa shape index (κ1) is 33.4. The summed E-state index contributed by atoms with van der Waals surface area (Å²) in [7, 11) is 1.56. The summed E-state index contributed by atoms with van der Waals surface area (Å²) in [4.78, 5) is 17.5. The standard InChI is InChI=1S/C32H42F4N4O4/c1-30(2,3)40-19-26(22-7-10-24(43-4)11-8-22)31(33,20-40)29(41)39-15-13-21(14-16-39)25-12-9-23(32(34,35)36)18-27(25)44-17-5-6-28(37)38-42/h7-12,18,21,26,42H,5-6,13-17,19-20H2,1-4H3,(H2,37,38)/t26-,31-/m0/s1. The fourth-order valence-electron chi connectivity index (χ4n) is 6.07. The molecule has 0 saturated carbocycles. The molecule has 0 spiro atoms. The van der Waals surface area contributed by atoms with Crippen LogP contribution in [0.3, 0.4) is 0 Å². The zero-order valence-corrected chi connectivity index (χ0v) is 25.7. The summed E-state index contributed by atoms with van der Waals surface area (Å²) in [6.07, 6.45) is -3.08. The summed E-state index contributed by atoms with van der Waals surface area (Å²) in [6, 6.07) is 10.6. The highest BCUT2D eigenvalue weighted by Gasteiger charge is 2.57. The number of oxime groups is 1. The van der Waals surface area contributed by atoms with Gasteiger partial charge in [-0.15, -0.1) is 0 Å². The Labute approximate surface area is 255 Å². The number of hydrogen-bond acceptors (Lipinski definition) is 6. The first-order chi connectivity index (χ1) is 20.7. The van der Waals surface area contributed by atoms with Crippen molar-refractivity contribution in [2.75, 3.05) is 39.9 Å². The minimum atomic E-state index is -4.54. The predicted molar refractivity (Wildman–Crippen MR) is 159 cm³/mol. The second-order valence-electron chi connectivity index (χ2n) is 12.6. The van der Waals surface area contributed by atoms with E-state index in [2.05, 4.69) is 5.16 Å². The summed E-state index contributed by atoms with van der Waals surface area (Å²) in [5.74, 6) is -0.645. The monoisotopic (exact) mass is 622 g/mol. The number of amides is 1. The Hall–Kier alpha value is -3.54. The number of nitrogens with zero attached hydrogens (tertiary/aromatic N) is 3. The van der Waals surface area contributed by atoms with Crippen LogP contribution in [0.2, 0.25) is 0 Å². The summed E-state index contributed by atoms with van der Waals surface area (Å²) in [5.41, 5.74) is 3.51. The normalized spacial score (nSPS) is 22.3. The van der Waals surface area contributed by atoms with E-state index in [0.717, 1.165) is 17.7 Å². The molecule has 0 bridgehead atoms. The molecule has 0 unspecified atom stereocenters. The van der Waals surface area contributed by atoms with E-state index >= 15 is 4.39 Å². The number of carbonyl (C=O) groups excluding carboxylic acids is 1. The van der Waals surface area contributed by atoms with Gasteiger partial charge in [0.25, 0.3) is 5.91 Å². The van der Waals surface area contributed by atoms with Crippen molar-refractivity contribution in [3.8, 4) is 11.5 Å². The van der Waals surface area contributed by atoms with Crippen LogP contribution in [0.4, 0.5) is 17.6 Å². The molecule has 242 valence electrons. The topological polar surface area (TPSA) is 101 Å². The number of alkyl halides is 4. The van der Waals surface area contributed by atoms with Gasteiger partial charge in [-0.05, 0) is 81.3 Å². The lowest BCUT2D eigenvalue weighted by atomic mass is 9.83. The van der Waals surface area contributed by atoms with Gasteiger partial charge in [-0.25, -0.2) is 4.39 Å². The number of amidine groups is 1. The Balaban J connectivity index is 1.51. The van der Waals surface area contributed by atoms with Gasteiger partial charge >= 0.3 is 6.18 Å². The van der Waals surface area contributed by atoms with Crippen LogP contribution in [0, 0.1) is 0 Å². The number of piperidine rings is 1. The highest BCUT2D eigenvalue weighted by Crippen LogP contribution is 2.45. The SMILES string of the molecule is COc1ccc([C@@H]2CN(C(C)(C)C)C[C@@]2(F)C(=O)N2CCC(c3ccc(C(F)(F)F)cc3OCCCC(N)=NO)CC2)cc1. The smallest absolute Gasteiger partial charge is 0.416 e. The van der Waals surface area contributed by atoms with Gasteiger partial charge in [0.05, 0.1) is 19.3 Å². The molecule has 3 N–H and O–H groups in total. The lowest BCUT2D eigenvalue weighted by molar-refractivity contribution is -0.145. The number of halogens is 4. The lowest BCUT2D eigenvalue weighted by Gasteiger charge is -2.38. The molecule has 2 atom stereocenters. The second kappa shape index (κ2) is 13.2. The maximum Gasteiger partial charge on any atom is 0.416 e. The first-order valence-electron chi connectivity index (χ1n) is 14.8. The van der Waals surface area contributed by atoms with Crippen LogP contribution in [-0.4, -0.2) is 77.9 Å². The Morgan fingerprint density at radius 2 is 1.77 bits per heavy atom. The molecule has 8 nitrogen and oxygen atoms in total. The fraction of sp³-hybridized carbons (Fsp3) is 0.562. The zero-order chi connectivity index (χ0) is 32.3. The van der Waals surface area contributed by atoms with Gasteiger partial charge in [0.2, 0.25) is 5.67 Å². The van der Waals surface area contributed by atoms with Gasteiger partial charge in [0.1, 0.15) is 17.3 Å². The molecule has 0 radical (unpaired) electrons. The maximum absolute atomic E-state index is 17.1. The molecule has 44 heavy (non-hydrogen) atoms. The van der Waals surface area contributed by atoms with E-state index in [1.165, 1.54) is 6.07 Å². The summed E-state index contributed by atoms with van der Waals surface area (Å²) in [5, 5.41) is 11.6. The maximum atomic E-state index is 17.1. The number of methoxy groups -OCH3 is 1. The number of nitrogens with two attached hydrogens (primary N) is 1. The van der Waals surface area contributed by atoms with E-state index in [1.54, 1.807) is 36.3 Å². The largest absolute Gasteiger partial charge is 0.497 e. The van der Waals surface area contributed by atoms with Gasteiger partial charge in [0.15, 0.2) is 0 Å². The zero-order valence-electron chi connectivity index (χ0n) is 25.7. The number of benzene rings is 2. The van der Waals surface area contributed by atoms with Crippen molar-refractivity contribution in [2.24, 2.45) is 10.9 Å². The van der Waals surface area contributed by atoms with E-state index in [4.69, 9.17) is 20.4 Å². The van der Waals surface area contributed by atoms with Crippen LogP contribution >= 0.6 is 0 Å². The molecular formula is C32H42F4N4O4. The third-order valence-electron chi connectivity index (χ3n) is 8.72. The van der Waals surface area contributed by atoms with Crippen molar-refractivity contribution in [1.29, 1.82) is 0 Å². The van der Waals surface area contributed by atoms with E-state index in [1.807, 2.05) is 25.7 Å². The molecule has 2 heterocycles. The third-order valence-corrected chi connectivity index (χ3v) is 8.72. The fourth-order valence-corrected chi connectivity index (χ4v) is 6.07. The summed E-state index contributed by atoms with van der Waals surface area (Å²) >= 11 is 0. The van der Waals surface area contributed by atoms with Crippen LogP contribution in [-0.2, 0) is 11.0 Å². The number of carbonyl (C=O) groups is 1. The Morgan fingerprint density at radius 3 is 2.34 bits per heavy atom. The molecule has 2 aromatic rings. The molecule has 1 amide bonds. The molecule has 12 heteroatoms. The van der Waals surface area contributed by atoms with Crippen molar-refractivity contribution in [1.82, 2.24) is 9.80 Å². The van der Waals surface area contributed by atoms with E-state index in [0.29, 0.717) is 37.1 Å². The van der Waals surface area contributed by atoms with Crippen LogP contribution in [0.1, 0.15) is 75.0 Å². The third kappa shape index (κ3) is 7.39. The van der Waals surface area contributed by atoms with Gasteiger partial charge in [-0.3, -0.25) is 9.69 Å². The number of likely N-dealkylation sites (tertiary alicyclic amines) is 2. The van der Waals surface area contributed by atoms with Crippen molar-refractivity contribution >= 4 is 11.7 Å². The van der Waals surface area contributed by atoms with Gasteiger partial charge < -0.3 is 25.3 Å². The number of ether oxygens (including phenoxy) is 2. The van der Waals surface area contributed by atoms with Gasteiger partial charge in [-0.2, -0.15) is 13.2 Å². The predicted octanol–water partition coefficient (Wildman–Crippen LogP) is 5.93. The molecule has 2 saturated heterocycles. The molecule has 0 aliphatic carbocycles. The van der Waals surface area contributed by atoms with Crippen LogP contribution in [0.15, 0.2) is 47.6 Å². The minimum Gasteiger partial charge on any atom is -0.497 e. The highest BCUT2D eigenvalue weighted by atomic mass is 19.4. The van der Waals surface area contributed by atoms with Gasteiger partial charge in [0, 0.05) is 44.1 Å². The van der Waals surface area contributed by atoms with Crippen LogP contribution < -0.4 is 15.2 Å². The molecule has 2 fully saturated rings. The van der Waals surface area contributed by atoms with Crippen molar-refractivity contribution in [3.05, 3.63) is 59.2 Å².